The molecule has 0 aromatic carbocycles. The molecular formula is C11H22O2S. The summed E-state index contributed by atoms with van der Waals surface area (Å²) >= 11 is 2.03. The van der Waals surface area contributed by atoms with Crippen LogP contribution in [0.4, 0.5) is 0 Å². The summed E-state index contributed by atoms with van der Waals surface area (Å²) in [6, 6.07) is 0. The number of ether oxygens (including phenoxy) is 2. The summed E-state index contributed by atoms with van der Waals surface area (Å²) in [7, 11) is 0. The van der Waals surface area contributed by atoms with Crippen LogP contribution in [-0.4, -0.2) is 31.0 Å². The van der Waals surface area contributed by atoms with Crippen molar-refractivity contribution in [3.05, 3.63) is 0 Å². The molecule has 1 fully saturated rings. The summed E-state index contributed by atoms with van der Waals surface area (Å²) in [6.07, 6.45) is 6.23. The van der Waals surface area contributed by atoms with E-state index in [2.05, 4.69) is 6.92 Å². The number of hydrogen-bond acceptors (Lipinski definition) is 3. The topological polar surface area (TPSA) is 18.5 Å². The maximum absolute atomic E-state index is 5.47. The van der Waals surface area contributed by atoms with Crippen LogP contribution in [0.3, 0.4) is 0 Å². The highest BCUT2D eigenvalue weighted by Gasteiger charge is 2.12. The van der Waals surface area contributed by atoms with E-state index in [9.17, 15) is 0 Å². The van der Waals surface area contributed by atoms with Gasteiger partial charge >= 0.3 is 0 Å². The standard InChI is InChI=1S/C11H22O2S/c1-2-3-4-9-14-10-6-11-12-7-5-8-13-11/h11H,2-10H2,1H3. The molecule has 0 unspecified atom stereocenters. The van der Waals surface area contributed by atoms with Crippen LogP contribution in [0.1, 0.15) is 39.0 Å². The minimum atomic E-state index is 0.0856. The van der Waals surface area contributed by atoms with Gasteiger partial charge in [-0.25, -0.2) is 0 Å². The smallest absolute Gasteiger partial charge is 0.158 e. The fourth-order valence-electron chi connectivity index (χ4n) is 1.44. The normalized spacial score (nSPS) is 18.6. The van der Waals surface area contributed by atoms with Crippen LogP contribution < -0.4 is 0 Å². The highest BCUT2D eigenvalue weighted by atomic mass is 32.2. The first-order valence-corrected chi connectivity index (χ1v) is 6.90. The van der Waals surface area contributed by atoms with Gasteiger partial charge in [-0.1, -0.05) is 19.8 Å². The van der Waals surface area contributed by atoms with E-state index < -0.39 is 0 Å². The zero-order valence-corrected chi connectivity index (χ0v) is 9.98. The molecular weight excluding hydrogens is 196 g/mol. The Bertz CT molecular complexity index is 124. The highest BCUT2D eigenvalue weighted by molar-refractivity contribution is 7.99. The van der Waals surface area contributed by atoms with E-state index in [-0.39, 0.29) is 6.29 Å². The van der Waals surface area contributed by atoms with Gasteiger partial charge in [-0.3, -0.25) is 0 Å². The molecule has 0 aromatic heterocycles. The summed E-state index contributed by atoms with van der Waals surface area (Å²) in [5.41, 5.74) is 0. The Morgan fingerprint density at radius 2 is 1.93 bits per heavy atom. The lowest BCUT2D eigenvalue weighted by Gasteiger charge is -2.22. The van der Waals surface area contributed by atoms with Crippen LogP contribution in [0.5, 0.6) is 0 Å². The maximum atomic E-state index is 5.47. The second kappa shape index (κ2) is 8.57. The summed E-state index contributed by atoms with van der Waals surface area (Å²) in [4.78, 5) is 0. The monoisotopic (exact) mass is 218 g/mol. The van der Waals surface area contributed by atoms with E-state index in [0.29, 0.717) is 0 Å². The minimum Gasteiger partial charge on any atom is -0.353 e. The van der Waals surface area contributed by atoms with Gasteiger partial charge in [-0.2, -0.15) is 11.8 Å². The Kier molecular flexibility index (Phi) is 7.55. The molecule has 1 saturated heterocycles. The van der Waals surface area contributed by atoms with Gasteiger partial charge < -0.3 is 9.47 Å². The van der Waals surface area contributed by atoms with Crippen LogP contribution in [0, 0.1) is 0 Å². The molecule has 1 aliphatic rings. The van der Waals surface area contributed by atoms with Crippen LogP contribution in [-0.2, 0) is 9.47 Å². The van der Waals surface area contributed by atoms with Crippen molar-refractivity contribution in [3.63, 3.8) is 0 Å². The van der Waals surface area contributed by atoms with Crippen LogP contribution in [0.2, 0.25) is 0 Å². The van der Waals surface area contributed by atoms with E-state index in [1.165, 1.54) is 30.8 Å². The van der Waals surface area contributed by atoms with Gasteiger partial charge in [0.25, 0.3) is 0 Å². The molecule has 0 N–H and O–H groups in total. The molecule has 1 heterocycles. The summed E-state index contributed by atoms with van der Waals surface area (Å²) < 4.78 is 10.9. The third-order valence-electron chi connectivity index (χ3n) is 2.29. The third-order valence-corrected chi connectivity index (χ3v) is 3.39. The second-order valence-electron chi connectivity index (χ2n) is 3.63. The molecule has 1 rings (SSSR count). The average Bonchev–Trinajstić information content (AvgIpc) is 2.25. The van der Waals surface area contributed by atoms with Crippen LogP contribution in [0.15, 0.2) is 0 Å². The molecule has 14 heavy (non-hydrogen) atoms. The van der Waals surface area contributed by atoms with Crippen molar-refractivity contribution in [2.24, 2.45) is 0 Å². The van der Waals surface area contributed by atoms with Crippen molar-refractivity contribution in [2.45, 2.75) is 45.3 Å². The highest BCUT2D eigenvalue weighted by Crippen LogP contribution is 2.13. The Balaban J connectivity index is 1.82. The lowest BCUT2D eigenvalue weighted by Crippen LogP contribution is -2.25. The Morgan fingerprint density at radius 3 is 2.64 bits per heavy atom. The SMILES string of the molecule is CCCCCSCCC1OCCCO1. The Morgan fingerprint density at radius 1 is 1.14 bits per heavy atom. The van der Waals surface area contributed by atoms with E-state index >= 15 is 0 Å². The fourth-order valence-corrected chi connectivity index (χ4v) is 2.41. The van der Waals surface area contributed by atoms with E-state index in [1.807, 2.05) is 11.8 Å². The largest absolute Gasteiger partial charge is 0.353 e. The summed E-state index contributed by atoms with van der Waals surface area (Å²) in [6.45, 7) is 4.00. The van der Waals surface area contributed by atoms with Crippen molar-refractivity contribution in [1.82, 2.24) is 0 Å². The molecule has 0 spiro atoms. The number of hydrogen-bond donors (Lipinski definition) is 0. The molecule has 0 aliphatic carbocycles. The Labute approximate surface area is 91.7 Å². The molecule has 0 atom stereocenters. The molecule has 0 saturated carbocycles. The summed E-state index contributed by atoms with van der Waals surface area (Å²) in [5.74, 6) is 2.47. The van der Waals surface area contributed by atoms with Crippen molar-refractivity contribution in [2.75, 3.05) is 24.7 Å². The van der Waals surface area contributed by atoms with Crippen molar-refractivity contribution >= 4 is 11.8 Å². The molecule has 0 radical (unpaired) electrons. The van der Waals surface area contributed by atoms with Gasteiger partial charge in [0.15, 0.2) is 6.29 Å². The maximum Gasteiger partial charge on any atom is 0.158 e. The van der Waals surface area contributed by atoms with Gasteiger partial charge in [-0.15, -0.1) is 0 Å². The molecule has 84 valence electrons. The predicted molar refractivity (Wildman–Crippen MR) is 61.8 cm³/mol. The van der Waals surface area contributed by atoms with Crippen LogP contribution >= 0.6 is 11.8 Å². The van der Waals surface area contributed by atoms with Gasteiger partial charge in [0, 0.05) is 6.42 Å². The predicted octanol–water partition coefficient (Wildman–Crippen LogP) is 3.06. The second-order valence-corrected chi connectivity index (χ2v) is 4.86. The molecule has 0 aromatic rings. The van der Waals surface area contributed by atoms with E-state index in [4.69, 9.17) is 9.47 Å². The minimum absolute atomic E-state index is 0.0856. The Hall–Kier alpha value is 0.270. The molecule has 0 amide bonds. The fraction of sp³-hybridized carbons (Fsp3) is 1.00. The molecule has 2 nitrogen and oxygen atoms in total. The molecule has 1 aliphatic heterocycles. The van der Waals surface area contributed by atoms with Crippen molar-refractivity contribution in [1.29, 1.82) is 0 Å². The van der Waals surface area contributed by atoms with Gasteiger partial charge in [-0.05, 0) is 24.3 Å². The van der Waals surface area contributed by atoms with E-state index in [1.54, 1.807) is 0 Å². The van der Waals surface area contributed by atoms with E-state index in [0.717, 1.165) is 26.1 Å². The lowest BCUT2D eigenvalue weighted by molar-refractivity contribution is -0.178. The number of unbranched alkanes of at least 4 members (excludes halogenated alkanes) is 2. The first-order valence-electron chi connectivity index (χ1n) is 5.74. The first-order chi connectivity index (χ1) is 6.93. The zero-order valence-electron chi connectivity index (χ0n) is 9.17. The first kappa shape index (κ1) is 12.3. The van der Waals surface area contributed by atoms with Gasteiger partial charge in [0.1, 0.15) is 0 Å². The van der Waals surface area contributed by atoms with Gasteiger partial charge in [0.05, 0.1) is 13.2 Å². The van der Waals surface area contributed by atoms with Crippen molar-refractivity contribution in [3.8, 4) is 0 Å². The van der Waals surface area contributed by atoms with Crippen LogP contribution in [0.25, 0.3) is 0 Å². The lowest BCUT2D eigenvalue weighted by atomic mass is 10.3. The van der Waals surface area contributed by atoms with Gasteiger partial charge in [0.2, 0.25) is 0 Å². The number of rotatable bonds is 7. The van der Waals surface area contributed by atoms with Crippen molar-refractivity contribution < 1.29 is 9.47 Å². The quantitative estimate of drug-likeness (QED) is 0.612. The third kappa shape index (κ3) is 5.89. The average molecular weight is 218 g/mol. The molecule has 3 heteroatoms. The number of thioether (sulfide) groups is 1. The summed E-state index contributed by atoms with van der Waals surface area (Å²) in [5, 5.41) is 0. The zero-order chi connectivity index (χ0) is 10.1. The molecule has 0 bridgehead atoms.